The van der Waals surface area contributed by atoms with E-state index in [1.807, 2.05) is 24.5 Å². The van der Waals surface area contributed by atoms with Crippen LogP contribution in [0.4, 0.5) is 5.95 Å². The molecule has 6 nitrogen and oxygen atoms in total. The Bertz CT molecular complexity index is 634. The molecule has 6 heteroatoms. The van der Waals surface area contributed by atoms with Crippen molar-refractivity contribution in [2.75, 3.05) is 44.3 Å². The van der Waals surface area contributed by atoms with Crippen LogP contribution >= 0.6 is 0 Å². The summed E-state index contributed by atoms with van der Waals surface area (Å²) < 4.78 is 11.5. The van der Waals surface area contributed by atoms with E-state index in [0.29, 0.717) is 0 Å². The van der Waals surface area contributed by atoms with Gasteiger partial charge in [-0.25, -0.2) is 9.97 Å². The van der Waals surface area contributed by atoms with Gasteiger partial charge in [0.15, 0.2) is 0 Å². The summed E-state index contributed by atoms with van der Waals surface area (Å²) in [5.74, 6) is 1.84. The molecule has 0 saturated carbocycles. The number of aromatic nitrogens is 2. The normalized spacial score (nSPS) is 25.8. The van der Waals surface area contributed by atoms with Gasteiger partial charge in [-0.3, -0.25) is 4.90 Å². The number of furan rings is 1. The molecule has 4 heterocycles. The highest BCUT2D eigenvalue weighted by Gasteiger charge is 2.39. The van der Waals surface area contributed by atoms with Gasteiger partial charge in [-0.1, -0.05) is 0 Å². The first-order valence-electron chi connectivity index (χ1n) is 8.68. The summed E-state index contributed by atoms with van der Waals surface area (Å²) in [6.45, 7) is 6.36. The van der Waals surface area contributed by atoms with E-state index in [-0.39, 0.29) is 5.41 Å². The zero-order valence-corrected chi connectivity index (χ0v) is 13.9. The number of rotatable bonds is 3. The first kappa shape index (κ1) is 15.6. The van der Waals surface area contributed by atoms with Crippen molar-refractivity contribution < 1.29 is 9.15 Å². The van der Waals surface area contributed by atoms with Gasteiger partial charge in [0.05, 0.1) is 26.0 Å². The molecule has 0 N–H and O–H groups in total. The molecule has 0 amide bonds. The number of hydrogen-bond acceptors (Lipinski definition) is 6. The number of ether oxygens (including phenoxy) is 1. The zero-order valence-electron chi connectivity index (χ0n) is 13.9. The standard InChI is InChI=1S/C18H24N4O2/c1-4-16(24-10-1)12-21-8-2-5-18(13-21)14-22(9-11-23-15-18)17-19-6-3-7-20-17/h1,3-4,6-7,10H,2,5,8-9,11-15H2/t18-/m1/s1. The molecule has 0 bridgehead atoms. The molecule has 0 aromatic carbocycles. The van der Waals surface area contributed by atoms with Crippen LogP contribution in [0.5, 0.6) is 0 Å². The van der Waals surface area contributed by atoms with Gasteiger partial charge in [-0.05, 0) is 37.6 Å². The molecule has 0 radical (unpaired) electrons. The molecule has 24 heavy (non-hydrogen) atoms. The Morgan fingerprint density at radius 1 is 1.12 bits per heavy atom. The van der Waals surface area contributed by atoms with Crippen LogP contribution in [-0.2, 0) is 11.3 Å². The van der Waals surface area contributed by atoms with Crippen molar-refractivity contribution in [3.8, 4) is 0 Å². The maximum absolute atomic E-state index is 5.98. The van der Waals surface area contributed by atoms with Crippen molar-refractivity contribution in [2.45, 2.75) is 19.4 Å². The molecule has 4 rings (SSSR count). The second-order valence-electron chi connectivity index (χ2n) is 6.92. The molecule has 128 valence electrons. The third kappa shape index (κ3) is 3.44. The summed E-state index contributed by atoms with van der Waals surface area (Å²) in [4.78, 5) is 13.6. The van der Waals surface area contributed by atoms with E-state index in [1.165, 1.54) is 12.8 Å². The van der Waals surface area contributed by atoms with E-state index in [2.05, 4.69) is 25.8 Å². The van der Waals surface area contributed by atoms with Crippen molar-refractivity contribution in [3.63, 3.8) is 0 Å². The molecule has 2 aliphatic heterocycles. The van der Waals surface area contributed by atoms with Gasteiger partial charge in [0.1, 0.15) is 5.76 Å². The molecule has 2 saturated heterocycles. The first-order chi connectivity index (χ1) is 11.8. The largest absolute Gasteiger partial charge is 0.468 e. The molecule has 1 atom stereocenters. The van der Waals surface area contributed by atoms with Gasteiger partial charge >= 0.3 is 0 Å². The second kappa shape index (κ2) is 6.91. The maximum Gasteiger partial charge on any atom is 0.225 e. The smallest absolute Gasteiger partial charge is 0.225 e. The van der Waals surface area contributed by atoms with Crippen molar-refractivity contribution in [1.82, 2.24) is 14.9 Å². The minimum Gasteiger partial charge on any atom is -0.468 e. The van der Waals surface area contributed by atoms with Crippen LogP contribution in [0.2, 0.25) is 0 Å². The number of hydrogen-bond donors (Lipinski definition) is 0. The lowest BCUT2D eigenvalue weighted by Gasteiger charge is -2.43. The second-order valence-corrected chi connectivity index (χ2v) is 6.92. The van der Waals surface area contributed by atoms with Gasteiger partial charge < -0.3 is 14.1 Å². The highest BCUT2D eigenvalue weighted by molar-refractivity contribution is 5.29. The lowest BCUT2D eigenvalue weighted by molar-refractivity contribution is 0.00877. The minimum absolute atomic E-state index is 0.139. The summed E-state index contributed by atoms with van der Waals surface area (Å²) in [7, 11) is 0. The van der Waals surface area contributed by atoms with Crippen LogP contribution in [-0.4, -0.2) is 54.3 Å². The number of likely N-dealkylation sites (tertiary alicyclic amines) is 1. The molecular formula is C18H24N4O2. The Balaban J connectivity index is 1.49. The summed E-state index contributed by atoms with van der Waals surface area (Å²) in [5.41, 5.74) is 0.139. The predicted molar refractivity (Wildman–Crippen MR) is 90.7 cm³/mol. The number of anilines is 1. The Kier molecular flexibility index (Phi) is 4.49. The van der Waals surface area contributed by atoms with E-state index in [1.54, 1.807) is 6.26 Å². The molecule has 2 fully saturated rings. The van der Waals surface area contributed by atoms with Gasteiger partial charge in [0.2, 0.25) is 5.95 Å². The van der Waals surface area contributed by atoms with E-state index < -0.39 is 0 Å². The number of nitrogens with zero attached hydrogens (tertiary/aromatic N) is 4. The van der Waals surface area contributed by atoms with Gasteiger partial charge in [-0.15, -0.1) is 0 Å². The van der Waals surface area contributed by atoms with Crippen LogP contribution in [0.25, 0.3) is 0 Å². The van der Waals surface area contributed by atoms with Crippen LogP contribution in [0, 0.1) is 5.41 Å². The molecule has 2 aliphatic rings. The first-order valence-corrected chi connectivity index (χ1v) is 8.68. The van der Waals surface area contributed by atoms with Gasteiger partial charge in [-0.2, -0.15) is 0 Å². The highest BCUT2D eigenvalue weighted by atomic mass is 16.5. The van der Waals surface area contributed by atoms with Crippen molar-refractivity contribution >= 4 is 5.95 Å². The lowest BCUT2D eigenvalue weighted by Crippen LogP contribution is -2.50. The molecule has 2 aromatic rings. The molecule has 2 aromatic heterocycles. The Morgan fingerprint density at radius 3 is 2.88 bits per heavy atom. The third-order valence-electron chi connectivity index (χ3n) is 4.98. The van der Waals surface area contributed by atoms with E-state index in [4.69, 9.17) is 9.15 Å². The van der Waals surface area contributed by atoms with E-state index in [9.17, 15) is 0 Å². The molecule has 1 spiro atoms. The van der Waals surface area contributed by atoms with E-state index in [0.717, 1.165) is 57.6 Å². The van der Waals surface area contributed by atoms with Crippen molar-refractivity contribution in [2.24, 2.45) is 5.41 Å². The maximum atomic E-state index is 5.98. The highest BCUT2D eigenvalue weighted by Crippen LogP contribution is 2.34. The van der Waals surface area contributed by atoms with Crippen LogP contribution in [0.3, 0.4) is 0 Å². The molecule has 0 aliphatic carbocycles. The molecular weight excluding hydrogens is 304 g/mol. The Labute approximate surface area is 142 Å². The summed E-state index contributed by atoms with van der Waals surface area (Å²) in [5, 5.41) is 0. The fourth-order valence-electron chi connectivity index (χ4n) is 3.93. The average Bonchev–Trinajstić information content (AvgIpc) is 3.03. The Morgan fingerprint density at radius 2 is 2.04 bits per heavy atom. The third-order valence-corrected chi connectivity index (χ3v) is 4.98. The van der Waals surface area contributed by atoms with Gasteiger partial charge in [0, 0.05) is 37.4 Å². The number of piperidine rings is 1. The average molecular weight is 328 g/mol. The topological polar surface area (TPSA) is 54.6 Å². The fraction of sp³-hybridized carbons (Fsp3) is 0.556. The van der Waals surface area contributed by atoms with Crippen molar-refractivity contribution in [1.29, 1.82) is 0 Å². The van der Waals surface area contributed by atoms with Crippen LogP contribution in [0.1, 0.15) is 18.6 Å². The summed E-state index contributed by atoms with van der Waals surface area (Å²) in [6, 6.07) is 5.87. The van der Waals surface area contributed by atoms with Crippen LogP contribution < -0.4 is 4.90 Å². The lowest BCUT2D eigenvalue weighted by atomic mass is 9.80. The SMILES string of the molecule is c1cnc(N2CCOC[C@@]3(CCCN(Cc4ccco4)C3)C2)nc1. The predicted octanol–water partition coefficient (Wildman–Crippen LogP) is 2.19. The Hall–Kier alpha value is -1.92. The van der Waals surface area contributed by atoms with Crippen molar-refractivity contribution in [3.05, 3.63) is 42.6 Å². The monoisotopic (exact) mass is 328 g/mol. The summed E-state index contributed by atoms with van der Waals surface area (Å²) >= 11 is 0. The van der Waals surface area contributed by atoms with Gasteiger partial charge in [0.25, 0.3) is 0 Å². The fourth-order valence-corrected chi connectivity index (χ4v) is 3.93. The van der Waals surface area contributed by atoms with E-state index >= 15 is 0 Å². The zero-order chi connectivity index (χ0) is 16.2. The summed E-state index contributed by atoms with van der Waals surface area (Å²) in [6.07, 6.45) is 7.74. The quantitative estimate of drug-likeness (QED) is 0.861. The van der Waals surface area contributed by atoms with Crippen LogP contribution in [0.15, 0.2) is 41.3 Å². The molecule has 0 unspecified atom stereocenters. The minimum atomic E-state index is 0.139.